The highest BCUT2D eigenvalue weighted by Gasteiger charge is 2.29. The molecule has 1 atom stereocenters. The van der Waals surface area contributed by atoms with Gasteiger partial charge in [0.1, 0.15) is 0 Å². The predicted molar refractivity (Wildman–Crippen MR) is 134 cm³/mol. The van der Waals surface area contributed by atoms with Crippen LogP contribution in [0.25, 0.3) is 0 Å². The number of rotatable bonds is 12. The van der Waals surface area contributed by atoms with Crippen molar-refractivity contribution in [2.75, 3.05) is 0 Å². The molecule has 3 rings (SSSR count). The lowest BCUT2D eigenvalue weighted by Crippen LogP contribution is -2.26. The largest absolute Gasteiger partial charge is 0.155 e. The van der Waals surface area contributed by atoms with Gasteiger partial charge in [-0.1, -0.05) is 78.1 Å². The summed E-state index contributed by atoms with van der Waals surface area (Å²) < 4.78 is 0. The van der Waals surface area contributed by atoms with Gasteiger partial charge < -0.3 is 0 Å². The van der Waals surface area contributed by atoms with Crippen molar-refractivity contribution >= 4 is 11.6 Å². The lowest BCUT2D eigenvalue weighted by molar-refractivity contribution is 0.213. The summed E-state index contributed by atoms with van der Waals surface area (Å²) in [5.41, 5.74) is 2.34. The Labute approximate surface area is 197 Å². The molecule has 0 saturated heterocycles. The molecule has 0 bridgehead atoms. The summed E-state index contributed by atoms with van der Waals surface area (Å²) in [6.45, 7) is 4.57. The van der Waals surface area contributed by atoms with Gasteiger partial charge >= 0.3 is 0 Å². The van der Waals surface area contributed by atoms with Crippen molar-refractivity contribution in [2.24, 2.45) is 23.7 Å². The highest BCUT2D eigenvalue weighted by molar-refractivity contribution is 6.20. The average molecular weight is 447 g/mol. The Balaban J connectivity index is 1.30. The van der Waals surface area contributed by atoms with Gasteiger partial charge in [0, 0.05) is 5.38 Å². The standard InChI is InChI=1S/C28H47ClN2/c1-3-5-6-8-26-19-20-27(31-30-26)18-15-23-9-11-24(12-10-23)21-28(29)25-16-13-22(7-4-2)14-17-25/h19-20,22-25,28H,3-18,21H2,1-2H3. The third-order valence-electron chi connectivity index (χ3n) is 8.24. The first-order valence-electron chi connectivity index (χ1n) is 13.6. The van der Waals surface area contributed by atoms with E-state index >= 15 is 0 Å². The molecule has 0 aliphatic heterocycles. The second-order valence-electron chi connectivity index (χ2n) is 10.7. The SMILES string of the molecule is CCCCCc1ccc(CCC2CCC(CC(Cl)C3CCC(CCC)CC3)CC2)nn1. The fourth-order valence-electron chi connectivity index (χ4n) is 6.08. The Kier molecular flexibility index (Phi) is 11.1. The highest BCUT2D eigenvalue weighted by Crippen LogP contribution is 2.40. The van der Waals surface area contributed by atoms with E-state index in [-0.39, 0.29) is 0 Å². The van der Waals surface area contributed by atoms with Gasteiger partial charge in [-0.2, -0.15) is 10.2 Å². The van der Waals surface area contributed by atoms with Crippen LogP contribution in [-0.2, 0) is 12.8 Å². The first-order valence-corrected chi connectivity index (χ1v) is 14.1. The van der Waals surface area contributed by atoms with Crippen LogP contribution in [0.4, 0.5) is 0 Å². The van der Waals surface area contributed by atoms with E-state index in [1.807, 2.05) is 0 Å². The summed E-state index contributed by atoms with van der Waals surface area (Å²) in [6.07, 6.45) is 22.5. The van der Waals surface area contributed by atoms with Crippen molar-refractivity contribution < 1.29 is 0 Å². The third-order valence-corrected chi connectivity index (χ3v) is 8.78. The van der Waals surface area contributed by atoms with Crippen LogP contribution >= 0.6 is 11.6 Å². The molecule has 0 radical (unpaired) electrons. The number of hydrogen-bond donors (Lipinski definition) is 0. The number of alkyl halides is 1. The molecule has 2 nitrogen and oxygen atoms in total. The number of aromatic nitrogens is 2. The topological polar surface area (TPSA) is 25.8 Å². The Bertz CT molecular complexity index is 586. The molecule has 1 heterocycles. The van der Waals surface area contributed by atoms with Gasteiger partial charge in [-0.05, 0) is 80.8 Å². The van der Waals surface area contributed by atoms with Gasteiger partial charge in [0.2, 0.25) is 0 Å². The number of aryl methyl sites for hydroxylation is 2. The zero-order valence-corrected chi connectivity index (χ0v) is 21.1. The lowest BCUT2D eigenvalue weighted by atomic mass is 9.74. The summed E-state index contributed by atoms with van der Waals surface area (Å²) >= 11 is 6.93. The predicted octanol–water partition coefficient (Wildman–Crippen LogP) is 8.55. The maximum absolute atomic E-state index is 6.93. The van der Waals surface area contributed by atoms with E-state index in [1.165, 1.54) is 102 Å². The molecular weight excluding hydrogens is 400 g/mol. The molecule has 0 spiro atoms. The Morgan fingerprint density at radius 1 is 0.742 bits per heavy atom. The first kappa shape index (κ1) is 25.0. The van der Waals surface area contributed by atoms with E-state index in [9.17, 15) is 0 Å². The molecule has 1 aromatic rings. The molecule has 31 heavy (non-hydrogen) atoms. The van der Waals surface area contributed by atoms with Gasteiger partial charge in [0.15, 0.2) is 0 Å². The smallest absolute Gasteiger partial charge is 0.0631 e. The molecule has 2 aliphatic carbocycles. The van der Waals surface area contributed by atoms with Crippen molar-refractivity contribution in [3.63, 3.8) is 0 Å². The van der Waals surface area contributed by atoms with Crippen molar-refractivity contribution in [3.8, 4) is 0 Å². The Morgan fingerprint density at radius 3 is 1.94 bits per heavy atom. The van der Waals surface area contributed by atoms with Crippen LogP contribution in [-0.4, -0.2) is 15.6 Å². The van der Waals surface area contributed by atoms with Crippen LogP contribution in [0.2, 0.25) is 0 Å². The highest BCUT2D eigenvalue weighted by atomic mass is 35.5. The summed E-state index contributed by atoms with van der Waals surface area (Å²) in [5.74, 6) is 3.52. The first-order chi connectivity index (χ1) is 15.2. The van der Waals surface area contributed by atoms with E-state index in [0.717, 1.165) is 42.2 Å². The molecule has 2 saturated carbocycles. The van der Waals surface area contributed by atoms with Crippen LogP contribution in [0.1, 0.15) is 122 Å². The maximum Gasteiger partial charge on any atom is 0.0631 e. The summed E-state index contributed by atoms with van der Waals surface area (Å²) in [5, 5.41) is 9.38. The van der Waals surface area contributed by atoms with Crippen LogP contribution in [0, 0.1) is 23.7 Å². The normalized spacial score (nSPS) is 27.8. The fourth-order valence-corrected chi connectivity index (χ4v) is 6.58. The third kappa shape index (κ3) is 8.67. The Morgan fingerprint density at radius 2 is 1.32 bits per heavy atom. The van der Waals surface area contributed by atoms with Crippen LogP contribution in [0.3, 0.4) is 0 Å². The molecule has 0 aromatic carbocycles. The molecule has 3 heteroatoms. The number of hydrogen-bond acceptors (Lipinski definition) is 2. The molecule has 1 unspecified atom stereocenters. The minimum Gasteiger partial charge on any atom is -0.155 e. The molecule has 0 amide bonds. The molecule has 2 fully saturated rings. The average Bonchev–Trinajstić information content (AvgIpc) is 2.80. The van der Waals surface area contributed by atoms with Gasteiger partial charge in [-0.25, -0.2) is 0 Å². The van der Waals surface area contributed by atoms with Gasteiger partial charge in [0.05, 0.1) is 11.4 Å². The molecule has 0 N–H and O–H groups in total. The van der Waals surface area contributed by atoms with Crippen molar-refractivity contribution in [2.45, 2.75) is 128 Å². The van der Waals surface area contributed by atoms with Gasteiger partial charge in [-0.3, -0.25) is 0 Å². The van der Waals surface area contributed by atoms with Gasteiger partial charge in [0.25, 0.3) is 0 Å². The summed E-state index contributed by atoms with van der Waals surface area (Å²) in [4.78, 5) is 0. The minimum atomic E-state index is 0.426. The van der Waals surface area contributed by atoms with E-state index in [2.05, 4.69) is 36.2 Å². The molecule has 176 valence electrons. The van der Waals surface area contributed by atoms with Gasteiger partial charge in [-0.15, -0.1) is 11.6 Å². The Hall–Kier alpha value is -0.630. The summed E-state index contributed by atoms with van der Waals surface area (Å²) in [7, 11) is 0. The van der Waals surface area contributed by atoms with Crippen LogP contribution in [0.15, 0.2) is 12.1 Å². The second-order valence-corrected chi connectivity index (χ2v) is 11.3. The van der Waals surface area contributed by atoms with E-state index in [4.69, 9.17) is 11.6 Å². The fraction of sp³-hybridized carbons (Fsp3) is 0.857. The molecule has 1 aromatic heterocycles. The van der Waals surface area contributed by atoms with E-state index < -0.39 is 0 Å². The maximum atomic E-state index is 6.93. The molecular formula is C28H47ClN2. The van der Waals surface area contributed by atoms with Crippen molar-refractivity contribution in [3.05, 3.63) is 23.5 Å². The lowest BCUT2D eigenvalue weighted by Gasteiger charge is -2.34. The number of nitrogens with zero attached hydrogens (tertiary/aromatic N) is 2. The zero-order valence-electron chi connectivity index (χ0n) is 20.3. The monoisotopic (exact) mass is 446 g/mol. The number of unbranched alkanes of at least 4 members (excludes halogenated alkanes) is 2. The quantitative estimate of drug-likeness (QED) is 0.237. The minimum absolute atomic E-state index is 0.426. The van der Waals surface area contributed by atoms with E-state index in [1.54, 1.807) is 0 Å². The van der Waals surface area contributed by atoms with Crippen molar-refractivity contribution in [1.29, 1.82) is 0 Å². The number of halogens is 1. The second kappa shape index (κ2) is 13.8. The summed E-state index contributed by atoms with van der Waals surface area (Å²) in [6, 6.07) is 4.42. The van der Waals surface area contributed by atoms with Crippen LogP contribution < -0.4 is 0 Å². The van der Waals surface area contributed by atoms with Crippen molar-refractivity contribution in [1.82, 2.24) is 10.2 Å². The van der Waals surface area contributed by atoms with E-state index in [0.29, 0.717) is 5.38 Å². The van der Waals surface area contributed by atoms with Crippen LogP contribution in [0.5, 0.6) is 0 Å². The zero-order chi connectivity index (χ0) is 21.9. The molecule has 2 aliphatic rings.